The molecule has 1 aromatic carbocycles. The molecule has 0 bridgehead atoms. The number of aromatic nitrogens is 3. The van der Waals surface area contributed by atoms with Crippen molar-refractivity contribution in [2.24, 2.45) is 0 Å². The van der Waals surface area contributed by atoms with Crippen LogP contribution in [0.4, 0.5) is 5.69 Å². The average molecular weight is 271 g/mol. The summed E-state index contributed by atoms with van der Waals surface area (Å²) in [4.78, 5) is 18.2. The first kappa shape index (κ1) is 12.7. The summed E-state index contributed by atoms with van der Waals surface area (Å²) in [5.74, 6) is 0.0589. The number of anilines is 1. The Labute approximate surface area is 117 Å². The standard InChI is InChI=1S/C14H17N5O/c1-10(19-9-16-8-17-19)14(20)18-6-5-12-11(7-18)3-2-4-13(12)15/h2-4,8-10H,5-7,15H2,1H3. The van der Waals surface area contributed by atoms with Gasteiger partial charge in [0.1, 0.15) is 18.7 Å². The zero-order valence-corrected chi connectivity index (χ0v) is 11.4. The SMILES string of the molecule is CC(C(=O)N1CCc2c(N)cccc2C1)n1cncn1. The highest BCUT2D eigenvalue weighted by molar-refractivity contribution is 5.80. The van der Waals surface area contributed by atoms with E-state index in [-0.39, 0.29) is 11.9 Å². The molecule has 1 aliphatic heterocycles. The van der Waals surface area contributed by atoms with E-state index in [0.29, 0.717) is 13.1 Å². The van der Waals surface area contributed by atoms with Crippen LogP contribution in [0.25, 0.3) is 0 Å². The van der Waals surface area contributed by atoms with Gasteiger partial charge in [0, 0.05) is 18.8 Å². The van der Waals surface area contributed by atoms with Gasteiger partial charge in [-0.2, -0.15) is 5.10 Å². The molecule has 6 heteroatoms. The van der Waals surface area contributed by atoms with E-state index in [1.807, 2.05) is 30.0 Å². The molecule has 2 heterocycles. The number of fused-ring (bicyclic) bond motifs is 1. The van der Waals surface area contributed by atoms with Gasteiger partial charge in [0.25, 0.3) is 0 Å². The molecule has 6 nitrogen and oxygen atoms in total. The normalized spacial score (nSPS) is 15.8. The summed E-state index contributed by atoms with van der Waals surface area (Å²) in [6.07, 6.45) is 3.81. The third-order valence-corrected chi connectivity index (χ3v) is 3.80. The van der Waals surface area contributed by atoms with Gasteiger partial charge in [-0.05, 0) is 30.5 Å². The summed E-state index contributed by atoms with van der Waals surface area (Å²) in [6.45, 7) is 3.14. The number of hydrogen-bond donors (Lipinski definition) is 1. The number of carbonyl (C=O) groups excluding carboxylic acids is 1. The first-order chi connectivity index (χ1) is 9.66. The summed E-state index contributed by atoms with van der Waals surface area (Å²) >= 11 is 0. The van der Waals surface area contributed by atoms with Crippen LogP contribution >= 0.6 is 0 Å². The quantitative estimate of drug-likeness (QED) is 0.827. The minimum atomic E-state index is -0.333. The lowest BCUT2D eigenvalue weighted by Crippen LogP contribution is -2.40. The summed E-state index contributed by atoms with van der Waals surface area (Å²) in [7, 11) is 0. The van der Waals surface area contributed by atoms with Gasteiger partial charge in [0.15, 0.2) is 0 Å². The molecule has 1 unspecified atom stereocenters. The number of nitrogen functional groups attached to an aromatic ring is 1. The molecule has 1 aromatic heterocycles. The van der Waals surface area contributed by atoms with Crippen LogP contribution in [0, 0.1) is 0 Å². The minimum Gasteiger partial charge on any atom is -0.398 e. The maximum Gasteiger partial charge on any atom is 0.247 e. The number of nitrogens with two attached hydrogens (primary N) is 1. The number of benzene rings is 1. The van der Waals surface area contributed by atoms with Crippen molar-refractivity contribution in [2.75, 3.05) is 12.3 Å². The Morgan fingerprint density at radius 2 is 2.30 bits per heavy atom. The van der Waals surface area contributed by atoms with E-state index < -0.39 is 0 Å². The number of rotatable bonds is 2. The fourth-order valence-corrected chi connectivity index (χ4v) is 2.62. The van der Waals surface area contributed by atoms with Crippen molar-refractivity contribution in [3.05, 3.63) is 42.0 Å². The van der Waals surface area contributed by atoms with Gasteiger partial charge in [-0.3, -0.25) is 4.79 Å². The summed E-state index contributed by atoms with van der Waals surface area (Å²) in [5.41, 5.74) is 9.10. The molecule has 2 aromatic rings. The molecule has 0 saturated carbocycles. The Kier molecular flexibility index (Phi) is 3.14. The van der Waals surface area contributed by atoms with Crippen LogP contribution < -0.4 is 5.73 Å². The van der Waals surface area contributed by atoms with Gasteiger partial charge in [-0.25, -0.2) is 9.67 Å². The van der Waals surface area contributed by atoms with Crippen LogP contribution in [-0.2, 0) is 17.8 Å². The maximum absolute atomic E-state index is 12.5. The van der Waals surface area contributed by atoms with E-state index in [1.54, 1.807) is 11.0 Å². The molecular formula is C14H17N5O. The Bertz CT molecular complexity index is 622. The number of nitrogens with zero attached hydrogens (tertiary/aromatic N) is 4. The lowest BCUT2D eigenvalue weighted by atomic mass is 9.97. The molecule has 0 spiro atoms. The van der Waals surface area contributed by atoms with Crippen LogP contribution in [0.1, 0.15) is 24.1 Å². The van der Waals surface area contributed by atoms with E-state index in [1.165, 1.54) is 11.9 Å². The maximum atomic E-state index is 12.5. The van der Waals surface area contributed by atoms with Gasteiger partial charge < -0.3 is 10.6 Å². The second-order valence-corrected chi connectivity index (χ2v) is 5.05. The third kappa shape index (κ3) is 2.13. The first-order valence-electron chi connectivity index (χ1n) is 6.66. The molecule has 1 atom stereocenters. The smallest absolute Gasteiger partial charge is 0.247 e. The van der Waals surface area contributed by atoms with E-state index in [4.69, 9.17) is 5.73 Å². The van der Waals surface area contributed by atoms with Crippen LogP contribution in [0.2, 0.25) is 0 Å². The van der Waals surface area contributed by atoms with E-state index in [2.05, 4.69) is 10.1 Å². The van der Waals surface area contributed by atoms with Crippen molar-refractivity contribution in [1.82, 2.24) is 19.7 Å². The zero-order chi connectivity index (χ0) is 14.1. The van der Waals surface area contributed by atoms with Crippen LogP contribution in [0.5, 0.6) is 0 Å². The number of amides is 1. The van der Waals surface area contributed by atoms with Crippen LogP contribution in [0.15, 0.2) is 30.9 Å². The van der Waals surface area contributed by atoms with E-state index in [0.717, 1.165) is 17.7 Å². The van der Waals surface area contributed by atoms with Gasteiger partial charge in [-0.1, -0.05) is 12.1 Å². The number of carbonyl (C=O) groups is 1. The molecule has 2 N–H and O–H groups in total. The molecule has 0 fully saturated rings. The predicted molar refractivity (Wildman–Crippen MR) is 74.7 cm³/mol. The van der Waals surface area contributed by atoms with Crippen molar-refractivity contribution in [3.63, 3.8) is 0 Å². The lowest BCUT2D eigenvalue weighted by Gasteiger charge is -2.31. The van der Waals surface area contributed by atoms with Crippen LogP contribution in [-0.4, -0.2) is 32.1 Å². The van der Waals surface area contributed by atoms with Gasteiger partial charge in [-0.15, -0.1) is 0 Å². The Hall–Kier alpha value is -2.37. The molecule has 3 rings (SSSR count). The second-order valence-electron chi connectivity index (χ2n) is 5.05. The van der Waals surface area contributed by atoms with Crippen molar-refractivity contribution in [3.8, 4) is 0 Å². The fourth-order valence-electron chi connectivity index (χ4n) is 2.62. The van der Waals surface area contributed by atoms with Crippen molar-refractivity contribution in [2.45, 2.75) is 25.9 Å². The van der Waals surface area contributed by atoms with E-state index in [9.17, 15) is 4.79 Å². The monoisotopic (exact) mass is 271 g/mol. The Balaban J connectivity index is 1.78. The van der Waals surface area contributed by atoms with Crippen molar-refractivity contribution >= 4 is 11.6 Å². The highest BCUT2D eigenvalue weighted by Gasteiger charge is 2.26. The third-order valence-electron chi connectivity index (χ3n) is 3.80. The van der Waals surface area contributed by atoms with Gasteiger partial charge in [0.2, 0.25) is 5.91 Å². The molecule has 0 radical (unpaired) electrons. The molecule has 104 valence electrons. The highest BCUT2D eigenvalue weighted by Crippen LogP contribution is 2.25. The Morgan fingerprint density at radius 3 is 3.05 bits per heavy atom. The largest absolute Gasteiger partial charge is 0.398 e. The molecular weight excluding hydrogens is 254 g/mol. The van der Waals surface area contributed by atoms with Crippen molar-refractivity contribution in [1.29, 1.82) is 0 Å². The molecule has 0 aliphatic carbocycles. The average Bonchev–Trinajstić information content (AvgIpc) is 3.00. The zero-order valence-electron chi connectivity index (χ0n) is 11.4. The fraction of sp³-hybridized carbons (Fsp3) is 0.357. The van der Waals surface area contributed by atoms with Gasteiger partial charge >= 0.3 is 0 Å². The molecule has 1 aliphatic rings. The Morgan fingerprint density at radius 1 is 1.45 bits per heavy atom. The molecule has 1 amide bonds. The topological polar surface area (TPSA) is 77.0 Å². The summed E-state index contributed by atoms with van der Waals surface area (Å²) in [5, 5.41) is 4.03. The minimum absolute atomic E-state index is 0.0589. The summed E-state index contributed by atoms with van der Waals surface area (Å²) in [6, 6.07) is 5.54. The van der Waals surface area contributed by atoms with Gasteiger partial charge in [0.05, 0.1) is 0 Å². The van der Waals surface area contributed by atoms with Crippen molar-refractivity contribution < 1.29 is 4.79 Å². The summed E-state index contributed by atoms with van der Waals surface area (Å²) < 4.78 is 1.58. The second kappa shape index (κ2) is 4.96. The highest BCUT2D eigenvalue weighted by atomic mass is 16.2. The predicted octanol–water partition coefficient (Wildman–Crippen LogP) is 1.01. The molecule has 0 saturated heterocycles. The van der Waals surface area contributed by atoms with Crippen LogP contribution in [0.3, 0.4) is 0 Å². The first-order valence-corrected chi connectivity index (χ1v) is 6.66. The molecule has 20 heavy (non-hydrogen) atoms. The van der Waals surface area contributed by atoms with E-state index >= 15 is 0 Å². The lowest BCUT2D eigenvalue weighted by molar-refractivity contribution is -0.135. The number of hydrogen-bond acceptors (Lipinski definition) is 4.